The predicted molar refractivity (Wildman–Crippen MR) is 87.2 cm³/mol. The number of carbonyl (C=O) groups is 2. The van der Waals surface area contributed by atoms with Crippen molar-refractivity contribution in [2.75, 3.05) is 11.9 Å². The number of halogens is 2. The fourth-order valence-electron chi connectivity index (χ4n) is 1.82. The molecule has 22 heavy (non-hydrogen) atoms. The molecule has 0 atom stereocenters. The monoisotopic (exact) mass is 337 g/mol. The van der Waals surface area contributed by atoms with E-state index in [1.807, 2.05) is 25.1 Å². The van der Waals surface area contributed by atoms with E-state index < -0.39 is 0 Å². The lowest BCUT2D eigenvalue weighted by atomic mass is 10.2. The molecule has 0 spiro atoms. The number of benzene rings is 2. The Kier molecular flexibility index (Phi) is 5.41. The molecule has 0 saturated carbocycles. The Morgan fingerprint density at radius 1 is 1.23 bits per heavy atom. The van der Waals surface area contributed by atoms with Crippen LogP contribution < -0.4 is 10.1 Å². The van der Waals surface area contributed by atoms with Crippen LogP contribution in [0.5, 0.6) is 5.75 Å². The summed E-state index contributed by atoms with van der Waals surface area (Å²) in [5.41, 5.74) is 2.00. The second-order valence-electron chi connectivity index (χ2n) is 4.58. The summed E-state index contributed by atoms with van der Waals surface area (Å²) in [7, 11) is 0. The fourth-order valence-corrected chi connectivity index (χ4v) is 2.44. The maximum atomic E-state index is 11.9. The van der Waals surface area contributed by atoms with E-state index in [2.05, 4.69) is 5.32 Å². The summed E-state index contributed by atoms with van der Waals surface area (Å²) >= 11 is 12.0. The highest BCUT2D eigenvalue weighted by Gasteiger charge is 2.12. The number of carbonyl (C=O) groups excluding carboxylic acids is 2. The molecule has 2 rings (SSSR count). The van der Waals surface area contributed by atoms with Gasteiger partial charge in [0.25, 0.3) is 5.91 Å². The summed E-state index contributed by atoms with van der Waals surface area (Å²) in [5.74, 6) is -0.158. The predicted octanol–water partition coefficient (Wildman–Crippen LogP) is 4.13. The first-order chi connectivity index (χ1) is 10.5. The number of rotatable bonds is 5. The zero-order valence-electron chi connectivity index (χ0n) is 11.7. The van der Waals surface area contributed by atoms with Crippen LogP contribution in [0.2, 0.25) is 10.0 Å². The molecule has 0 fully saturated rings. The molecule has 0 saturated heterocycles. The van der Waals surface area contributed by atoms with Crippen LogP contribution in [0.25, 0.3) is 0 Å². The Hall–Kier alpha value is -2.04. The van der Waals surface area contributed by atoms with Crippen molar-refractivity contribution in [3.63, 3.8) is 0 Å². The van der Waals surface area contributed by atoms with Crippen LogP contribution >= 0.6 is 23.2 Å². The van der Waals surface area contributed by atoms with E-state index in [0.717, 1.165) is 5.56 Å². The van der Waals surface area contributed by atoms with Gasteiger partial charge < -0.3 is 10.1 Å². The number of anilines is 1. The van der Waals surface area contributed by atoms with Gasteiger partial charge in [0.2, 0.25) is 0 Å². The van der Waals surface area contributed by atoms with Gasteiger partial charge in [0.15, 0.2) is 12.4 Å². The number of aryl methyl sites for hydroxylation is 1. The van der Waals surface area contributed by atoms with E-state index >= 15 is 0 Å². The molecule has 0 radical (unpaired) electrons. The average Bonchev–Trinajstić information content (AvgIpc) is 2.48. The SMILES string of the molecule is Cc1ccccc1NC(=O)COc1c(Cl)cc(C=O)cc1Cl. The molecule has 0 bridgehead atoms. The fraction of sp³-hybridized carbons (Fsp3) is 0.125. The molecule has 0 unspecified atom stereocenters. The summed E-state index contributed by atoms with van der Waals surface area (Å²) in [6.45, 7) is 1.65. The Labute approximate surface area is 138 Å². The van der Waals surface area contributed by atoms with E-state index in [-0.39, 0.29) is 28.3 Å². The Balaban J connectivity index is 2.03. The number of para-hydroxylation sites is 1. The van der Waals surface area contributed by atoms with Crippen molar-refractivity contribution in [2.24, 2.45) is 0 Å². The van der Waals surface area contributed by atoms with Crippen LogP contribution in [0.3, 0.4) is 0 Å². The van der Waals surface area contributed by atoms with Gasteiger partial charge in [-0.25, -0.2) is 0 Å². The minimum absolute atomic E-state index is 0.175. The molecular weight excluding hydrogens is 325 g/mol. The highest BCUT2D eigenvalue weighted by Crippen LogP contribution is 2.33. The lowest BCUT2D eigenvalue weighted by Crippen LogP contribution is -2.20. The Morgan fingerprint density at radius 2 is 1.86 bits per heavy atom. The number of amides is 1. The van der Waals surface area contributed by atoms with Gasteiger partial charge in [-0.2, -0.15) is 0 Å². The Bertz CT molecular complexity index is 693. The Morgan fingerprint density at radius 3 is 2.45 bits per heavy atom. The van der Waals surface area contributed by atoms with E-state index in [1.54, 1.807) is 6.07 Å². The third-order valence-corrected chi connectivity index (χ3v) is 3.48. The molecule has 0 heterocycles. The van der Waals surface area contributed by atoms with Crippen molar-refractivity contribution in [3.05, 3.63) is 57.6 Å². The van der Waals surface area contributed by atoms with Crippen LogP contribution in [0.1, 0.15) is 15.9 Å². The number of hydrogen-bond acceptors (Lipinski definition) is 3. The lowest BCUT2D eigenvalue weighted by Gasteiger charge is -2.11. The van der Waals surface area contributed by atoms with Gasteiger partial charge in [0.05, 0.1) is 10.0 Å². The van der Waals surface area contributed by atoms with Gasteiger partial charge in [-0.3, -0.25) is 9.59 Å². The maximum absolute atomic E-state index is 11.9. The quantitative estimate of drug-likeness (QED) is 0.834. The molecule has 0 aliphatic rings. The number of ether oxygens (including phenoxy) is 1. The van der Waals surface area contributed by atoms with Crippen LogP contribution in [0, 0.1) is 6.92 Å². The smallest absolute Gasteiger partial charge is 0.262 e. The molecule has 2 aromatic rings. The van der Waals surface area contributed by atoms with Gasteiger partial charge in [0, 0.05) is 11.3 Å². The third-order valence-electron chi connectivity index (χ3n) is 2.92. The lowest BCUT2D eigenvalue weighted by molar-refractivity contribution is -0.118. The minimum Gasteiger partial charge on any atom is -0.481 e. The van der Waals surface area contributed by atoms with Crippen molar-refractivity contribution in [3.8, 4) is 5.75 Å². The standard InChI is InChI=1S/C16H13Cl2NO3/c1-10-4-2-3-5-14(10)19-15(21)9-22-16-12(17)6-11(8-20)7-13(16)18/h2-8H,9H2,1H3,(H,19,21). The molecule has 1 amide bonds. The van der Waals surface area contributed by atoms with Gasteiger partial charge in [-0.05, 0) is 30.7 Å². The number of aldehydes is 1. The minimum atomic E-state index is -0.333. The zero-order chi connectivity index (χ0) is 16.1. The highest BCUT2D eigenvalue weighted by atomic mass is 35.5. The van der Waals surface area contributed by atoms with Gasteiger partial charge in [0.1, 0.15) is 6.29 Å². The van der Waals surface area contributed by atoms with Crippen molar-refractivity contribution >= 4 is 41.1 Å². The van der Waals surface area contributed by atoms with E-state index in [9.17, 15) is 9.59 Å². The summed E-state index contributed by atoms with van der Waals surface area (Å²) in [5, 5.41) is 3.09. The average molecular weight is 338 g/mol. The molecule has 0 aliphatic carbocycles. The first-order valence-corrected chi connectivity index (χ1v) is 7.19. The molecular formula is C16H13Cl2NO3. The summed E-state index contributed by atoms with van der Waals surface area (Å²) in [4.78, 5) is 22.6. The molecule has 114 valence electrons. The van der Waals surface area contributed by atoms with Crippen LogP contribution in [0.15, 0.2) is 36.4 Å². The van der Waals surface area contributed by atoms with Crippen molar-refractivity contribution in [2.45, 2.75) is 6.92 Å². The van der Waals surface area contributed by atoms with Crippen LogP contribution in [-0.4, -0.2) is 18.8 Å². The molecule has 4 nitrogen and oxygen atoms in total. The second-order valence-corrected chi connectivity index (χ2v) is 5.40. The summed E-state index contributed by atoms with van der Waals surface area (Å²) < 4.78 is 5.35. The van der Waals surface area contributed by atoms with Crippen molar-refractivity contribution < 1.29 is 14.3 Å². The molecule has 1 N–H and O–H groups in total. The van der Waals surface area contributed by atoms with Crippen molar-refractivity contribution in [1.29, 1.82) is 0 Å². The topological polar surface area (TPSA) is 55.4 Å². The van der Waals surface area contributed by atoms with Gasteiger partial charge in [-0.15, -0.1) is 0 Å². The summed E-state index contributed by atoms with van der Waals surface area (Å²) in [6, 6.07) is 10.3. The molecule has 0 aliphatic heterocycles. The van der Waals surface area contributed by atoms with E-state index in [0.29, 0.717) is 17.5 Å². The second kappa shape index (κ2) is 7.29. The molecule has 6 heteroatoms. The first kappa shape index (κ1) is 16.3. The number of hydrogen-bond donors (Lipinski definition) is 1. The van der Waals surface area contributed by atoms with Crippen molar-refractivity contribution in [1.82, 2.24) is 0 Å². The first-order valence-electron chi connectivity index (χ1n) is 6.43. The zero-order valence-corrected chi connectivity index (χ0v) is 13.2. The maximum Gasteiger partial charge on any atom is 0.262 e. The van der Waals surface area contributed by atoms with E-state index in [4.69, 9.17) is 27.9 Å². The molecule has 0 aromatic heterocycles. The number of nitrogens with one attached hydrogen (secondary N) is 1. The van der Waals surface area contributed by atoms with Crippen LogP contribution in [-0.2, 0) is 4.79 Å². The normalized spacial score (nSPS) is 10.1. The van der Waals surface area contributed by atoms with Gasteiger partial charge in [-0.1, -0.05) is 41.4 Å². The van der Waals surface area contributed by atoms with Crippen LogP contribution in [0.4, 0.5) is 5.69 Å². The van der Waals surface area contributed by atoms with E-state index in [1.165, 1.54) is 12.1 Å². The third kappa shape index (κ3) is 4.00. The molecule has 2 aromatic carbocycles. The highest BCUT2D eigenvalue weighted by molar-refractivity contribution is 6.37. The van der Waals surface area contributed by atoms with Gasteiger partial charge >= 0.3 is 0 Å². The summed E-state index contributed by atoms with van der Waals surface area (Å²) in [6.07, 6.45) is 0.631. The largest absolute Gasteiger partial charge is 0.481 e.